The summed E-state index contributed by atoms with van der Waals surface area (Å²) in [6.45, 7) is 3.47. The zero-order valence-corrected chi connectivity index (χ0v) is 12.2. The molecule has 1 saturated carbocycles. The van der Waals surface area contributed by atoms with Gasteiger partial charge in [-0.1, -0.05) is 0 Å². The summed E-state index contributed by atoms with van der Waals surface area (Å²) < 4.78 is 1.11. The molecule has 98 valence electrons. The summed E-state index contributed by atoms with van der Waals surface area (Å²) in [4.78, 5) is 6.88. The van der Waals surface area contributed by atoms with Gasteiger partial charge in [0.1, 0.15) is 5.82 Å². The summed E-state index contributed by atoms with van der Waals surface area (Å²) >= 11 is 3.59. The Labute approximate surface area is 117 Å². The molecule has 0 atom stereocenters. The van der Waals surface area contributed by atoms with Crippen molar-refractivity contribution in [1.29, 1.82) is 0 Å². The van der Waals surface area contributed by atoms with Crippen molar-refractivity contribution >= 4 is 21.7 Å². The third kappa shape index (κ3) is 3.04. The van der Waals surface area contributed by atoms with Gasteiger partial charge in [0.25, 0.3) is 0 Å². The van der Waals surface area contributed by atoms with E-state index < -0.39 is 0 Å². The first-order valence-corrected chi connectivity index (χ1v) is 7.71. The number of piperidine rings is 1. The number of halogens is 1. The maximum atomic E-state index is 4.47. The number of hydrogen-bond acceptors (Lipinski definition) is 3. The minimum atomic E-state index is 0.841. The second kappa shape index (κ2) is 5.57. The van der Waals surface area contributed by atoms with Crippen molar-refractivity contribution in [1.82, 2.24) is 10.3 Å². The zero-order valence-electron chi connectivity index (χ0n) is 10.6. The maximum absolute atomic E-state index is 4.47. The van der Waals surface area contributed by atoms with Crippen LogP contribution in [-0.4, -0.2) is 30.7 Å². The van der Waals surface area contributed by atoms with Gasteiger partial charge in [-0.05, 0) is 66.2 Å². The lowest BCUT2D eigenvalue weighted by atomic mass is 9.97. The van der Waals surface area contributed by atoms with Gasteiger partial charge in [0.05, 0.1) is 4.47 Å². The van der Waals surface area contributed by atoms with E-state index in [1.807, 2.05) is 12.3 Å². The van der Waals surface area contributed by atoms with Gasteiger partial charge < -0.3 is 10.2 Å². The molecule has 1 aromatic heterocycles. The van der Waals surface area contributed by atoms with Crippen molar-refractivity contribution in [3.8, 4) is 0 Å². The van der Waals surface area contributed by atoms with Crippen molar-refractivity contribution in [3.63, 3.8) is 0 Å². The molecule has 1 aromatic rings. The highest BCUT2D eigenvalue weighted by atomic mass is 79.9. The molecule has 1 N–H and O–H groups in total. The predicted octanol–water partition coefficient (Wildman–Crippen LogP) is 2.81. The lowest BCUT2D eigenvalue weighted by Crippen LogP contribution is -2.38. The fourth-order valence-corrected chi connectivity index (χ4v) is 3.09. The molecule has 3 rings (SSSR count). The molecule has 0 unspecified atom stereocenters. The Morgan fingerprint density at radius 2 is 2.06 bits per heavy atom. The number of hydrogen-bond donors (Lipinski definition) is 1. The van der Waals surface area contributed by atoms with Crippen LogP contribution in [0.4, 0.5) is 5.82 Å². The van der Waals surface area contributed by atoms with Crippen molar-refractivity contribution in [2.45, 2.75) is 31.7 Å². The topological polar surface area (TPSA) is 28.2 Å². The lowest BCUT2D eigenvalue weighted by Gasteiger charge is -2.33. The van der Waals surface area contributed by atoms with E-state index in [0.717, 1.165) is 35.3 Å². The normalized spacial score (nSPS) is 21.3. The largest absolute Gasteiger partial charge is 0.356 e. The van der Waals surface area contributed by atoms with E-state index in [4.69, 9.17) is 0 Å². The first kappa shape index (κ1) is 12.4. The van der Waals surface area contributed by atoms with E-state index in [-0.39, 0.29) is 0 Å². The highest BCUT2D eigenvalue weighted by Gasteiger charge is 2.25. The summed E-state index contributed by atoms with van der Waals surface area (Å²) in [6.07, 6.45) is 7.21. The molecule has 1 aliphatic heterocycles. The molecule has 0 bridgehead atoms. The minimum absolute atomic E-state index is 0.841. The number of aromatic nitrogens is 1. The average molecular weight is 310 g/mol. The summed E-state index contributed by atoms with van der Waals surface area (Å²) in [7, 11) is 0. The summed E-state index contributed by atoms with van der Waals surface area (Å²) in [5, 5.41) is 3.65. The Hall–Kier alpha value is -0.610. The predicted molar refractivity (Wildman–Crippen MR) is 77.9 cm³/mol. The molecule has 1 saturated heterocycles. The van der Waals surface area contributed by atoms with E-state index in [9.17, 15) is 0 Å². The van der Waals surface area contributed by atoms with E-state index in [1.54, 1.807) is 0 Å². The smallest absolute Gasteiger partial charge is 0.142 e. The van der Waals surface area contributed by atoms with Gasteiger partial charge in [-0.25, -0.2) is 4.98 Å². The molecule has 0 spiro atoms. The van der Waals surface area contributed by atoms with Gasteiger partial charge in [-0.15, -0.1) is 0 Å². The SMILES string of the molecule is Brc1cccnc1N1CCC(CNC2CC2)CC1. The van der Waals surface area contributed by atoms with Gasteiger partial charge in [-0.2, -0.15) is 0 Å². The Balaban J connectivity index is 1.51. The molecule has 0 amide bonds. The molecule has 0 radical (unpaired) electrons. The monoisotopic (exact) mass is 309 g/mol. The van der Waals surface area contributed by atoms with Gasteiger partial charge in [-0.3, -0.25) is 0 Å². The Morgan fingerprint density at radius 1 is 1.28 bits per heavy atom. The molecule has 18 heavy (non-hydrogen) atoms. The zero-order chi connectivity index (χ0) is 12.4. The van der Waals surface area contributed by atoms with Crippen molar-refractivity contribution < 1.29 is 0 Å². The van der Waals surface area contributed by atoms with Crippen LogP contribution in [0.5, 0.6) is 0 Å². The molecular formula is C14H20BrN3. The molecular weight excluding hydrogens is 290 g/mol. The third-order valence-electron chi connectivity index (χ3n) is 3.93. The third-order valence-corrected chi connectivity index (χ3v) is 4.54. The Bertz CT molecular complexity index is 398. The van der Waals surface area contributed by atoms with Crippen LogP contribution in [0.2, 0.25) is 0 Å². The van der Waals surface area contributed by atoms with Crippen LogP contribution in [0.1, 0.15) is 25.7 Å². The molecule has 2 aliphatic rings. The van der Waals surface area contributed by atoms with Crippen LogP contribution < -0.4 is 10.2 Å². The minimum Gasteiger partial charge on any atom is -0.356 e. The quantitative estimate of drug-likeness (QED) is 0.927. The van der Waals surface area contributed by atoms with Crippen molar-refractivity contribution in [2.75, 3.05) is 24.5 Å². The average Bonchev–Trinajstić information content (AvgIpc) is 3.22. The molecule has 0 aromatic carbocycles. The molecule has 4 heteroatoms. The van der Waals surface area contributed by atoms with E-state index in [2.05, 4.69) is 37.2 Å². The standard InChI is InChI=1S/C14H20BrN3/c15-13-2-1-7-16-14(13)18-8-5-11(6-9-18)10-17-12-3-4-12/h1-2,7,11-12,17H,3-6,8-10H2. The van der Waals surface area contributed by atoms with Crippen LogP contribution in [-0.2, 0) is 0 Å². The van der Waals surface area contributed by atoms with Gasteiger partial charge in [0.15, 0.2) is 0 Å². The number of nitrogens with one attached hydrogen (secondary N) is 1. The van der Waals surface area contributed by atoms with Gasteiger partial charge >= 0.3 is 0 Å². The summed E-state index contributed by atoms with van der Waals surface area (Å²) in [5.74, 6) is 1.95. The lowest BCUT2D eigenvalue weighted by molar-refractivity contribution is 0.380. The highest BCUT2D eigenvalue weighted by molar-refractivity contribution is 9.10. The second-order valence-corrected chi connectivity index (χ2v) is 6.28. The van der Waals surface area contributed by atoms with Crippen LogP contribution in [0.25, 0.3) is 0 Å². The number of anilines is 1. The molecule has 2 heterocycles. The highest BCUT2D eigenvalue weighted by Crippen LogP contribution is 2.28. The van der Waals surface area contributed by atoms with Gasteiger partial charge in [0.2, 0.25) is 0 Å². The number of pyridine rings is 1. The Kier molecular flexibility index (Phi) is 3.85. The number of nitrogens with zero attached hydrogens (tertiary/aromatic N) is 2. The summed E-state index contributed by atoms with van der Waals surface area (Å²) in [5.41, 5.74) is 0. The fourth-order valence-electron chi connectivity index (χ4n) is 2.58. The Morgan fingerprint density at radius 3 is 2.72 bits per heavy atom. The van der Waals surface area contributed by atoms with E-state index >= 15 is 0 Å². The molecule has 3 nitrogen and oxygen atoms in total. The fraction of sp³-hybridized carbons (Fsp3) is 0.643. The maximum Gasteiger partial charge on any atom is 0.142 e. The van der Waals surface area contributed by atoms with Crippen molar-refractivity contribution in [3.05, 3.63) is 22.8 Å². The van der Waals surface area contributed by atoms with Gasteiger partial charge in [0, 0.05) is 25.3 Å². The van der Waals surface area contributed by atoms with Crippen LogP contribution in [0.15, 0.2) is 22.8 Å². The van der Waals surface area contributed by atoms with E-state index in [1.165, 1.54) is 32.2 Å². The molecule has 2 fully saturated rings. The van der Waals surface area contributed by atoms with Crippen LogP contribution in [0, 0.1) is 5.92 Å². The number of rotatable bonds is 4. The van der Waals surface area contributed by atoms with Crippen molar-refractivity contribution in [2.24, 2.45) is 5.92 Å². The second-order valence-electron chi connectivity index (χ2n) is 5.42. The van der Waals surface area contributed by atoms with Crippen LogP contribution >= 0.6 is 15.9 Å². The van der Waals surface area contributed by atoms with E-state index in [0.29, 0.717) is 0 Å². The summed E-state index contributed by atoms with van der Waals surface area (Å²) in [6, 6.07) is 4.89. The molecule has 1 aliphatic carbocycles. The first-order chi connectivity index (χ1) is 8.83. The first-order valence-electron chi connectivity index (χ1n) is 6.92. The van der Waals surface area contributed by atoms with Crippen LogP contribution in [0.3, 0.4) is 0 Å².